The molecule has 0 aliphatic carbocycles. The summed E-state index contributed by atoms with van der Waals surface area (Å²) in [6.07, 6.45) is 0. The number of thioether (sulfide) groups is 1. The highest BCUT2D eigenvalue weighted by Crippen LogP contribution is 2.65. The predicted octanol–water partition coefficient (Wildman–Crippen LogP) is 3.96. The van der Waals surface area contributed by atoms with E-state index in [9.17, 15) is 14.4 Å². The normalized spacial score (nSPS) is 13.3. The quantitative estimate of drug-likeness (QED) is 0.636. The van der Waals surface area contributed by atoms with E-state index in [1.54, 1.807) is 0 Å². The summed E-state index contributed by atoms with van der Waals surface area (Å²) >= 11 is 1.30. The van der Waals surface area contributed by atoms with Crippen LogP contribution in [0.5, 0.6) is 0 Å². The average molecular weight is 288 g/mol. The summed E-state index contributed by atoms with van der Waals surface area (Å²) < 4.78 is 10.9. The topological polar surface area (TPSA) is 57.5 Å². The molecule has 0 atom stereocenters. The van der Waals surface area contributed by atoms with Crippen LogP contribution in [0.1, 0.15) is 27.7 Å². The van der Waals surface area contributed by atoms with Gasteiger partial charge in [0.25, 0.3) is 0 Å². The Bertz CT molecular complexity index is 417. The molecule has 0 unspecified atom stereocenters. The minimum absolute atomic E-state index is 0.122. The van der Waals surface area contributed by atoms with Crippen LogP contribution < -0.4 is 0 Å². The highest BCUT2D eigenvalue weighted by atomic mass is 32.2. The Morgan fingerprint density at radius 1 is 1.06 bits per heavy atom. The van der Waals surface area contributed by atoms with E-state index in [0.29, 0.717) is 0 Å². The van der Waals surface area contributed by atoms with Crippen molar-refractivity contribution in [2.75, 3.05) is 0 Å². The summed E-state index contributed by atoms with van der Waals surface area (Å²) in [4.78, 5) is 20.5. The van der Waals surface area contributed by atoms with Gasteiger partial charge >= 0.3 is 7.60 Å². The summed E-state index contributed by atoms with van der Waals surface area (Å²) in [5.74, 6) is -0.243. The van der Waals surface area contributed by atoms with Gasteiger partial charge in [0.2, 0.25) is 0 Å². The molecule has 0 bridgehead atoms. The van der Waals surface area contributed by atoms with Crippen molar-refractivity contribution in [3.63, 3.8) is 0 Å². The maximum atomic E-state index is 12.0. The van der Waals surface area contributed by atoms with Crippen LogP contribution in [0.3, 0.4) is 0 Å². The monoisotopic (exact) mass is 288 g/mol. The van der Waals surface area contributed by atoms with Gasteiger partial charge in [-0.2, -0.15) is 0 Å². The smallest absolute Gasteiger partial charge is 0.323 e. The Kier molecular flexibility index (Phi) is 5.07. The van der Waals surface area contributed by atoms with Crippen LogP contribution in [-0.4, -0.2) is 14.3 Å². The summed E-state index contributed by atoms with van der Waals surface area (Å²) in [5.41, 5.74) is 0. The van der Waals surface area contributed by atoms with Crippen LogP contribution in [0.2, 0.25) is 0 Å². The second-order valence-electron chi connectivity index (χ2n) is 5.02. The summed E-state index contributed by atoms with van der Waals surface area (Å²) in [5, 5.41) is 0. The van der Waals surface area contributed by atoms with Crippen LogP contribution in [0, 0.1) is 11.8 Å². The maximum absolute atomic E-state index is 12.0. The zero-order valence-electron chi connectivity index (χ0n) is 11.2. The largest absolute Gasteiger partial charge is 0.342 e. The number of hydrogen-bond donors (Lipinski definition) is 2. The lowest BCUT2D eigenvalue weighted by molar-refractivity contribution is 0.301. The molecule has 0 heterocycles. The Morgan fingerprint density at radius 2 is 1.50 bits per heavy atom. The summed E-state index contributed by atoms with van der Waals surface area (Å²) in [7, 11) is -4.22. The first kappa shape index (κ1) is 15.8. The SMILES string of the molecule is CC(C)C(Sc1ccccc1)(C(C)C)P(=O)(O)O. The van der Waals surface area contributed by atoms with Crippen molar-refractivity contribution in [2.45, 2.75) is 37.1 Å². The summed E-state index contributed by atoms with van der Waals surface area (Å²) in [6, 6.07) is 9.44. The van der Waals surface area contributed by atoms with Gasteiger partial charge in [0.15, 0.2) is 0 Å². The number of rotatable bonds is 5. The first-order valence-electron chi connectivity index (χ1n) is 6.01. The molecule has 1 aromatic rings. The van der Waals surface area contributed by atoms with Gasteiger partial charge in [0.05, 0.1) is 0 Å². The second kappa shape index (κ2) is 5.79. The van der Waals surface area contributed by atoms with Crippen LogP contribution in [0.4, 0.5) is 0 Å². The third-order valence-electron chi connectivity index (χ3n) is 3.13. The molecule has 0 aliphatic heterocycles. The Balaban J connectivity index is 3.25. The number of hydrogen-bond acceptors (Lipinski definition) is 2. The van der Waals surface area contributed by atoms with E-state index < -0.39 is 12.1 Å². The molecule has 0 amide bonds. The zero-order chi connectivity index (χ0) is 14.0. The molecule has 0 aromatic heterocycles. The van der Waals surface area contributed by atoms with Crippen molar-refractivity contribution < 1.29 is 14.4 Å². The van der Waals surface area contributed by atoms with E-state index in [1.165, 1.54) is 11.8 Å². The Labute approximate surface area is 113 Å². The molecule has 1 aromatic carbocycles. The summed E-state index contributed by atoms with van der Waals surface area (Å²) in [6.45, 7) is 7.48. The fourth-order valence-corrected chi connectivity index (χ4v) is 5.59. The van der Waals surface area contributed by atoms with Crippen LogP contribution in [-0.2, 0) is 4.57 Å². The van der Waals surface area contributed by atoms with E-state index in [1.807, 2.05) is 58.0 Å². The molecule has 18 heavy (non-hydrogen) atoms. The molecule has 0 fully saturated rings. The first-order chi connectivity index (χ1) is 8.22. The van der Waals surface area contributed by atoms with Gasteiger partial charge < -0.3 is 9.79 Å². The fourth-order valence-electron chi connectivity index (χ4n) is 2.31. The van der Waals surface area contributed by atoms with Gasteiger partial charge in [-0.15, -0.1) is 11.8 Å². The average Bonchev–Trinajstić information content (AvgIpc) is 2.24. The molecule has 102 valence electrons. The van der Waals surface area contributed by atoms with Gasteiger partial charge in [-0.1, -0.05) is 45.9 Å². The molecule has 1 rings (SSSR count). The van der Waals surface area contributed by atoms with Gasteiger partial charge in [0, 0.05) is 4.90 Å². The van der Waals surface area contributed by atoms with Crippen molar-refractivity contribution in [2.24, 2.45) is 11.8 Å². The molecular formula is C13H21O3PS. The minimum atomic E-state index is -4.22. The van der Waals surface area contributed by atoms with Crippen LogP contribution in [0.25, 0.3) is 0 Å². The van der Waals surface area contributed by atoms with E-state index in [-0.39, 0.29) is 11.8 Å². The molecule has 0 saturated heterocycles. The van der Waals surface area contributed by atoms with Gasteiger partial charge in [-0.3, -0.25) is 4.57 Å². The Morgan fingerprint density at radius 3 is 1.83 bits per heavy atom. The maximum Gasteiger partial charge on any atom is 0.342 e. The van der Waals surface area contributed by atoms with Crippen molar-refractivity contribution in [1.82, 2.24) is 0 Å². The molecule has 3 nitrogen and oxygen atoms in total. The first-order valence-corrected chi connectivity index (χ1v) is 8.44. The second-order valence-corrected chi connectivity index (χ2v) is 8.50. The lowest BCUT2D eigenvalue weighted by Crippen LogP contribution is -2.37. The molecule has 0 spiro atoms. The van der Waals surface area contributed by atoms with Crippen molar-refractivity contribution >= 4 is 19.4 Å². The zero-order valence-corrected chi connectivity index (χ0v) is 12.9. The molecule has 0 saturated carbocycles. The molecule has 2 N–H and O–H groups in total. The van der Waals surface area contributed by atoms with Crippen molar-refractivity contribution in [3.05, 3.63) is 30.3 Å². The minimum Gasteiger partial charge on any atom is -0.323 e. The third kappa shape index (κ3) is 3.00. The Hall–Kier alpha value is -0.280. The number of benzene rings is 1. The van der Waals surface area contributed by atoms with E-state index in [0.717, 1.165) is 4.90 Å². The van der Waals surface area contributed by atoms with Gasteiger partial charge in [-0.05, 0) is 24.0 Å². The van der Waals surface area contributed by atoms with Crippen LogP contribution in [0.15, 0.2) is 35.2 Å². The standard InChI is InChI=1S/C13H21O3PS/c1-10(2)13(11(3)4,17(14,15)16)18-12-8-6-5-7-9-12/h5-11H,1-4H3,(H2,14,15,16). The lowest BCUT2D eigenvalue weighted by atomic mass is 9.99. The predicted molar refractivity (Wildman–Crippen MR) is 76.8 cm³/mol. The van der Waals surface area contributed by atoms with Crippen molar-refractivity contribution in [3.8, 4) is 0 Å². The fraction of sp³-hybridized carbons (Fsp3) is 0.538. The third-order valence-corrected chi connectivity index (χ3v) is 7.84. The highest BCUT2D eigenvalue weighted by Gasteiger charge is 2.52. The highest BCUT2D eigenvalue weighted by molar-refractivity contribution is 8.06. The van der Waals surface area contributed by atoms with Crippen molar-refractivity contribution in [1.29, 1.82) is 0 Å². The lowest BCUT2D eigenvalue weighted by Gasteiger charge is -2.40. The van der Waals surface area contributed by atoms with Gasteiger partial charge in [-0.25, -0.2) is 0 Å². The van der Waals surface area contributed by atoms with E-state index in [4.69, 9.17) is 0 Å². The van der Waals surface area contributed by atoms with Crippen LogP contribution >= 0.6 is 19.4 Å². The molecule has 0 aliphatic rings. The molecule has 5 heteroatoms. The van der Waals surface area contributed by atoms with E-state index in [2.05, 4.69) is 0 Å². The van der Waals surface area contributed by atoms with E-state index >= 15 is 0 Å². The molecule has 0 radical (unpaired) electrons. The molecular weight excluding hydrogens is 267 g/mol. The van der Waals surface area contributed by atoms with Gasteiger partial charge in [0.1, 0.15) is 4.49 Å².